The zero-order valence-corrected chi connectivity index (χ0v) is 10.1. The molecule has 0 unspecified atom stereocenters. The fourth-order valence-electron chi connectivity index (χ4n) is 1.92. The van der Waals surface area contributed by atoms with Gasteiger partial charge < -0.3 is 10.2 Å². The maximum atomic E-state index is 5.50. The smallest absolute Gasteiger partial charge is 0.210 e. The highest BCUT2D eigenvalue weighted by Gasteiger charge is 2.07. The van der Waals surface area contributed by atoms with Gasteiger partial charge in [-0.25, -0.2) is 4.98 Å². The van der Waals surface area contributed by atoms with Crippen molar-refractivity contribution in [3.8, 4) is 11.3 Å². The average Bonchev–Trinajstić information content (AvgIpc) is 2.80. The van der Waals surface area contributed by atoms with Crippen molar-refractivity contribution >= 4 is 11.2 Å². The number of hydrogen-bond donors (Lipinski definition) is 1. The van der Waals surface area contributed by atoms with Crippen LogP contribution in [0.4, 0.5) is 0 Å². The van der Waals surface area contributed by atoms with E-state index in [-0.39, 0.29) is 6.54 Å². The van der Waals surface area contributed by atoms with Gasteiger partial charge in [-0.1, -0.05) is 23.8 Å². The van der Waals surface area contributed by atoms with Crippen molar-refractivity contribution in [2.24, 2.45) is 5.73 Å². The Morgan fingerprint density at radius 1 is 1.17 bits per heavy atom. The number of aryl methyl sites for hydroxylation is 1. The van der Waals surface area contributed by atoms with Crippen molar-refractivity contribution in [2.75, 3.05) is 0 Å². The normalized spacial score (nSPS) is 11.0. The van der Waals surface area contributed by atoms with Crippen molar-refractivity contribution < 1.29 is 4.42 Å². The van der Waals surface area contributed by atoms with Crippen LogP contribution in [-0.2, 0) is 6.54 Å². The number of hydrogen-bond acceptors (Lipinski definition) is 4. The van der Waals surface area contributed by atoms with E-state index in [1.165, 1.54) is 5.56 Å². The number of aromatic nitrogens is 2. The van der Waals surface area contributed by atoms with E-state index in [0.29, 0.717) is 17.1 Å². The largest absolute Gasteiger partial charge is 0.438 e. The summed E-state index contributed by atoms with van der Waals surface area (Å²) in [4.78, 5) is 8.73. The molecule has 0 aliphatic carbocycles. The Morgan fingerprint density at radius 3 is 2.83 bits per heavy atom. The van der Waals surface area contributed by atoms with Gasteiger partial charge in [0.25, 0.3) is 0 Å². The van der Waals surface area contributed by atoms with E-state index in [9.17, 15) is 0 Å². The highest BCUT2D eigenvalue weighted by atomic mass is 16.3. The molecule has 4 nitrogen and oxygen atoms in total. The number of pyridine rings is 1. The van der Waals surface area contributed by atoms with Gasteiger partial charge >= 0.3 is 0 Å². The lowest BCUT2D eigenvalue weighted by Crippen LogP contribution is -1.95. The molecule has 0 atom stereocenters. The van der Waals surface area contributed by atoms with Crippen LogP contribution in [0.15, 0.2) is 40.8 Å². The molecule has 0 radical (unpaired) electrons. The first-order valence-corrected chi connectivity index (χ1v) is 5.80. The van der Waals surface area contributed by atoms with Crippen LogP contribution in [0, 0.1) is 6.92 Å². The Bertz CT molecular complexity index is 703. The highest BCUT2D eigenvalue weighted by Crippen LogP contribution is 2.22. The van der Waals surface area contributed by atoms with Crippen molar-refractivity contribution in [1.29, 1.82) is 0 Å². The summed E-state index contributed by atoms with van der Waals surface area (Å²) in [5, 5.41) is 0. The molecule has 3 aromatic rings. The summed E-state index contributed by atoms with van der Waals surface area (Å²) < 4.78 is 5.43. The molecule has 0 spiro atoms. The van der Waals surface area contributed by atoms with Gasteiger partial charge in [0, 0.05) is 5.56 Å². The molecule has 0 amide bonds. The summed E-state index contributed by atoms with van der Waals surface area (Å²) in [5.41, 5.74) is 9.95. The van der Waals surface area contributed by atoms with Crippen molar-refractivity contribution in [2.45, 2.75) is 13.5 Å². The Labute approximate surface area is 104 Å². The third-order valence-corrected chi connectivity index (χ3v) is 2.79. The van der Waals surface area contributed by atoms with Gasteiger partial charge in [0.2, 0.25) is 5.89 Å². The summed E-state index contributed by atoms with van der Waals surface area (Å²) in [6, 6.07) is 12.0. The van der Waals surface area contributed by atoms with Gasteiger partial charge in [0.1, 0.15) is 0 Å². The topological polar surface area (TPSA) is 64.9 Å². The standard InChI is InChI=1S/C14H13N3O/c1-9-3-2-4-10(7-9)11-5-6-12-14(16-11)17-13(8-15)18-12/h2-7H,8,15H2,1H3. The number of nitrogens with zero attached hydrogens (tertiary/aromatic N) is 2. The SMILES string of the molecule is Cc1cccc(-c2ccc3oc(CN)nc3n2)c1. The molecule has 18 heavy (non-hydrogen) atoms. The van der Waals surface area contributed by atoms with E-state index in [0.717, 1.165) is 11.3 Å². The summed E-state index contributed by atoms with van der Waals surface area (Å²) in [6.45, 7) is 2.35. The molecule has 0 aliphatic rings. The molecular weight excluding hydrogens is 226 g/mol. The second-order valence-electron chi connectivity index (χ2n) is 4.20. The maximum absolute atomic E-state index is 5.50. The van der Waals surface area contributed by atoms with Gasteiger partial charge in [-0.3, -0.25) is 0 Å². The van der Waals surface area contributed by atoms with E-state index < -0.39 is 0 Å². The van der Waals surface area contributed by atoms with Gasteiger partial charge in [0.05, 0.1) is 12.2 Å². The third-order valence-electron chi connectivity index (χ3n) is 2.79. The first kappa shape index (κ1) is 10.9. The predicted molar refractivity (Wildman–Crippen MR) is 69.9 cm³/mol. The minimum Gasteiger partial charge on any atom is -0.438 e. The molecule has 0 bridgehead atoms. The summed E-state index contributed by atoms with van der Waals surface area (Å²) in [7, 11) is 0. The van der Waals surface area contributed by atoms with Crippen LogP contribution < -0.4 is 5.73 Å². The second-order valence-corrected chi connectivity index (χ2v) is 4.20. The number of rotatable bonds is 2. The fourth-order valence-corrected chi connectivity index (χ4v) is 1.92. The monoisotopic (exact) mass is 239 g/mol. The van der Waals surface area contributed by atoms with Gasteiger partial charge in [0.15, 0.2) is 11.2 Å². The molecule has 2 heterocycles. The molecule has 3 rings (SSSR count). The number of fused-ring (bicyclic) bond motifs is 1. The highest BCUT2D eigenvalue weighted by molar-refractivity contribution is 5.73. The van der Waals surface area contributed by atoms with Crippen molar-refractivity contribution in [3.05, 3.63) is 47.9 Å². The Balaban J connectivity index is 2.12. The van der Waals surface area contributed by atoms with Gasteiger partial charge in [-0.15, -0.1) is 0 Å². The quantitative estimate of drug-likeness (QED) is 0.746. The molecule has 4 heteroatoms. The minimum atomic E-state index is 0.288. The molecule has 0 fully saturated rings. The van der Waals surface area contributed by atoms with E-state index in [1.807, 2.05) is 24.3 Å². The molecule has 90 valence electrons. The lowest BCUT2D eigenvalue weighted by atomic mass is 10.1. The first-order chi connectivity index (χ1) is 8.76. The molecule has 2 aromatic heterocycles. The summed E-state index contributed by atoms with van der Waals surface area (Å²) in [6.07, 6.45) is 0. The van der Waals surface area contributed by atoms with E-state index >= 15 is 0 Å². The van der Waals surface area contributed by atoms with Crippen LogP contribution in [0.1, 0.15) is 11.5 Å². The van der Waals surface area contributed by atoms with Crippen molar-refractivity contribution in [1.82, 2.24) is 9.97 Å². The third kappa shape index (κ3) is 1.87. The number of nitrogens with two attached hydrogens (primary N) is 1. The molecule has 2 N–H and O–H groups in total. The lowest BCUT2D eigenvalue weighted by Gasteiger charge is -2.01. The number of oxazole rings is 1. The number of benzene rings is 1. The molecular formula is C14H13N3O. The average molecular weight is 239 g/mol. The summed E-state index contributed by atoms with van der Waals surface area (Å²) >= 11 is 0. The predicted octanol–water partition coefficient (Wildman–Crippen LogP) is 2.66. The second kappa shape index (κ2) is 4.23. The van der Waals surface area contributed by atoms with Crippen LogP contribution in [0.5, 0.6) is 0 Å². The van der Waals surface area contributed by atoms with E-state index in [4.69, 9.17) is 10.2 Å². The van der Waals surface area contributed by atoms with Gasteiger partial charge in [-0.05, 0) is 25.1 Å². The van der Waals surface area contributed by atoms with Crippen LogP contribution in [0.3, 0.4) is 0 Å². The zero-order valence-electron chi connectivity index (χ0n) is 10.1. The van der Waals surface area contributed by atoms with Crippen molar-refractivity contribution in [3.63, 3.8) is 0 Å². The van der Waals surface area contributed by atoms with Crippen LogP contribution >= 0.6 is 0 Å². The van der Waals surface area contributed by atoms with Crippen LogP contribution in [0.25, 0.3) is 22.5 Å². The fraction of sp³-hybridized carbons (Fsp3) is 0.143. The Morgan fingerprint density at radius 2 is 2.06 bits per heavy atom. The summed E-state index contributed by atoms with van der Waals surface area (Å²) in [5.74, 6) is 0.513. The molecule has 1 aromatic carbocycles. The molecule has 0 saturated carbocycles. The van der Waals surface area contributed by atoms with E-state index in [1.54, 1.807) is 0 Å². The lowest BCUT2D eigenvalue weighted by molar-refractivity contribution is 0.533. The van der Waals surface area contributed by atoms with Gasteiger partial charge in [-0.2, -0.15) is 4.98 Å². The minimum absolute atomic E-state index is 0.288. The Kier molecular flexibility index (Phi) is 2.57. The molecule has 0 aliphatic heterocycles. The first-order valence-electron chi connectivity index (χ1n) is 5.80. The van der Waals surface area contributed by atoms with E-state index in [2.05, 4.69) is 29.0 Å². The van der Waals surface area contributed by atoms with Crippen LogP contribution in [0.2, 0.25) is 0 Å². The maximum Gasteiger partial charge on any atom is 0.210 e. The van der Waals surface area contributed by atoms with Crippen LogP contribution in [-0.4, -0.2) is 9.97 Å². The zero-order chi connectivity index (χ0) is 12.5. The Hall–Kier alpha value is -2.20. The molecule has 0 saturated heterocycles.